The van der Waals surface area contributed by atoms with Gasteiger partial charge >= 0.3 is 11.9 Å². The highest BCUT2D eigenvalue weighted by molar-refractivity contribution is 6.01. The van der Waals surface area contributed by atoms with Gasteiger partial charge in [0, 0.05) is 17.1 Å². The Bertz CT molecular complexity index is 502. The molecule has 0 saturated carbocycles. The number of hydrogen-bond donors (Lipinski definition) is 0. The maximum Gasteiger partial charge on any atom is 0.333 e. The summed E-state index contributed by atoms with van der Waals surface area (Å²) in [6.45, 7) is 12.9. The number of carbonyl (C=O) groups is 4. The average Bonchev–Trinajstić information content (AvgIpc) is 2.52. The largest absolute Gasteiger partial charge is 0.461 e. The Balaban J connectivity index is 4.88. The third-order valence-corrected chi connectivity index (χ3v) is 3.49. The summed E-state index contributed by atoms with van der Waals surface area (Å²) in [7, 11) is 0. The van der Waals surface area contributed by atoms with Gasteiger partial charge in [0.2, 0.25) is 0 Å². The first-order valence-corrected chi connectivity index (χ1v) is 7.80. The molecule has 0 spiro atoms. The molecule has 0 fully saturated rings. The Kier molecular flexibility index (Phi) is 9.54. The maximum absolute atomic E-state index is 12.3. The van der Waals surface area contributed by atoms with Crippen LogP contribution in [0.25, 0.3) is 0 Å². The summed E-state index contributed by atoms with van der Waals surface area (Å²) in [5.74, 6) is -3.04. The molecule has 134 valence electrons. The maximum atomic E-state index is 12.3. The summed E-state index contributed by atoms with van der Waals surface area (Å²) in [6.07, 6.45) is 0.348. The van der Waals surface area contributed by atoms with Crippen molar-refractivity contribution < 1.29 is 28.7 Å². The Morgan fingerprint density at radius 1 is 0.875 bits per heavy atom. The zero-order chi connectivity index (χ0) is 18.9. The van der Waals surface area contributed by atoms with Crippen molar-refractivity contribution in [3.8, 4) is 0 Å². The van der Waals surface area contributed by atoms with Crippen LogP contribution < -0.4 is 0 Å². The predicted octanol–water partition coefficient (Wildman–Crippen LogP) is 2.42. The van der Waals surface area contributed by atoms with Crippen molar-refractivity contribution in [2.24, 2.45) is 11.8 Å². The fourth-order valence-corrected chi connectivity index (χ4v) is 1.55. The molecule has 0 aliphatic heterocycles. The number of carbonyl (C=O) groups excluding carboxylic acids is 4. The molecular formula is C18H26O6. The normalized spacial score (nSPS) is 11.5. The van der Waals surface area contributed by atoms with Crippen LogP contribution in [-0.2, 0) is 28.7 Å². The molecule has 0 radical (unpaired) electrons. The summed E-state index contributed by atoms with van der Waals surface area (Å²) >= 11 is 0. The number of ether oxygens (including phenoxy) is 2. The van der Waals surface area contributed by atoms with Gasteiger partial charge < -0.3 is 9.47 Å². The van der Waals surface area contributed by atoms with E-state index in [4.69, 9.17) is 9.47 Å². The van der Waals surface area contributed by atoms with Gasteiger partial charge in [0.1, 0.15) is 24.8 Å². The summed E-state index contributed by atoms with van der Waals surface area (Å²) < 4.78 is 9.93. The molecule has 1 unspecified atom stereocenters. The minimum atomic E-state index is -0.899. The molecule has 0 aromatic carbocycles. The van der Waals surface area contributed by atoms with Crippen LogP contribution in [0.4, 0.5) is 0 Å². The highest BCUT2D eigenvalue weighted by Crippen LogP contribution is 2.12. The monoisotopic (exact) mass is 338 g/mol. The van der Waals surface area contributed by atoms with Gasteiger partial charge in [0.05, 0.1) is 12.3 Å². The molecule has 6 heteroatoms. The van der Waals surface area contributed by atoms with E-state index in [1.165, 1.54) is 13.8 Å². The summed E-state index contributed by atoms with van der Waals surface area (Å²) in [4.78, 5) is 47.1. The number of esters is 2. The van der Waals surface area contributed by atoms with Crippen molar-refractivity contribution >= 4 is 23.5 Å². The van der Waals surface area contributed by atoms with E-state index in [2.05, 4.69) is 13.2 Å². The van der Waals surface area contributed by atoms with Gasteiger partial charge in [-0.05, 0) is 20.3 Å². The van der Waals surface area contributed by atoms with Crippen LogP contribution in [0.5, 0.6) is 0 Å². The molecule has 6 nitrogen and oxygen atoms in total. The first-order chi connectivity index (χ1) is 11.1. The summed E-state index contributed by atoms with van der Waals surface area (Å²) in [5.41, 5.74) is 0.381. The van der Waals surface area contributed by atoms with E-state index in [1.807, 2.05) is 6.92 Å². The lowest BCUT2D eigenvalue weighted by atomic mass is 9.94. The number of rotatable bonds is 11. The molecule has 24 heavy (non-hydrogen) atoms. The number of Topliss-reactive ketones (excluding diaryl/α,β-unsaturated/α-hetero) is 2. The average molecular weight is 338 g/mol. The Hall–Kier alpha value is -2.24. The lowest BCUT2D eigenvalue weighted by molar-refractivity contribution is -0.147. The van der Waals surface area contributed by atoms with Crippen LogP contribution in [0.3, 0.4) is 0 Å². The van der Waals surface area contributed by atoms with Gasteiger partial charge in [0.15, 0.2) is 0 Å². The van der Waals surface area contributed by atoms with Crippen molar-refractivity contribution in [3.63, 3.8) is 0 Å². The van der Waals surface area contributed by atoms with E-state index in [0.717, 1.165) is 0 Å². The quantitative estimate of drug-likeness (QED) is 0.327. The Labute approximate surface area is 142 Å². The van der Waals surface area contributed by atoms with Crippen LogP contribution in [0.2, 0.25) is 0 Å². The van der Waals surface area contributed by atoms with E-state index in [1.54, 1.807) is 6.92 Å². The molecule has 0 amide bonds. The molecule has 0 aliphatic rings. The lowest BCUT2D eigenvalue weighted by Crippen LogP contribution is -2.30. The minimum absolute atomic E-state index is 0.190. The van der Waals surface area contributed by atoms with E-state index in [-0.39, 0.29) is 42.5 Å². The van der Waals surface area contributed by atoms with Crippen LogP contribution in [0.15, 0.2) is 24.3 Å². The fraction of sp³-hybridized carbons (Fsp3) is 0.556. The first-order valence-electron chi connectivity index (χ1n) is 7.80. The molecular weight excluding hydrogens is 312 g/mol. The molecule has 0 aliphatic carbocycles. The van der Waals surface area contributed by atoms with Crippen LogP contribution in [-0.4, -0.2) is 36.7 Å². The second-order valence-electron chi connectivity index (χ2n) is 5.87. The van der Waals surface area contributed by atoms with Crippen LogP contribution >= 0.6 is 0 Å². The smallest absolute Gasteiger partial charge is 0.333 e. The van der Waals surface area contributed by atoms with E-state index in [0.29, 0.717) is 6.42 Å². The van der Waals surface area contributed by atoms with Gasteiger partial charge in [-0.15, -0.1) is 0 Å². The first kappa shape index (κ1) is 21.8. The molecule has 0 aromatic heterocycles. The third kappa shape index (κ3) is 7.85. The van der Waals surface area contributed by atoms with Crippen molar-refractivity contribution in [2.75, 3.05) is 13.2 Å². The van der Waals surface area contributed by atoms with Gasteiger partial charge in [-0.2, -0.15) is 0 Å². The zero-order valence-corrected chi connectivity index (χ0v) is 14.8. The van der Waals surface area contributed by atoms with Gasteiger partial charge in [-0.1, -0.05) is 27.0 Å². The lowest BCUT2D eigenvalue weighted by Gasteiger charge is -2.17. The van der Waals surface area contributed by atoms with Crippen LogP contribution in [0, 0.1) is 11.8 Å². The molecule has 1 atom stereocenters. The molecule has 0 heterocycles. The second-order valence-corrected chi connectivity index (χ2v) is 5.87. The van der Waals surface area contributed by atoms with Crippen LogP contribution in [0.1, 0.15) is 40.5 Å². The summed E-state index contributed by atoms with van der Waals surface area (Å²) in [5, 5.41) is 0. The molecule has 0 rings (SSSR count). The van der Waals surface area contributed by atoms with Crippen molar-refractivity contribution in [3.05, 3.63) is 24.3 Å². The fourth-order valence-electron chi connectivity index (χ4n) is 1.55. The minimum Gasteiger partial charge on any atom is -0.461 e. The van der Waals surface area contributed by atoms with E-state index >= 15 is 0 Å². The summed E-state index contributed by atoms with van der Waals surface area (Å²) in [6, 6.07) is 0. The Morgan fingerprint density at radius 3 is 1.62 bits per heavy atom. The molecule has 0 saturated heterocycles. The molecule has 0 bridgehead atoms. The van der Waals surface area contributed by atoms with Crippen molar-refractivity contribution in [2.45, 2.75) is 40.5 Å². The third-order valence-electron chi connectivity index (χ3n) is 3.49. The number of hydrogen-bond acceptors (Lipinski definition) is 6. The van der Waals surface area contributed by atoms with Crippen molar-refractivity contribution in [1.29, 1.82) is 0 Å². The second kappa shape index (κ2) is 10.5. The standard InChI is InChI=1S/C18H26O6/c1-7-13(6)15(19)8-16(20)14(9-23-17(21)11(2)3)10-24-18(22)12(4)5/h13-14H,2,4,7-10H2,1,3,5-6H3. The highest BCUT2D eigenvalue weighted by Gasteiger charge is 2.26. The van der Waals surface area contributed by atoms with E-state index < -0.39 is 23.6 Å². The SMILES string of the molecule is C=C(C)C(=O)OCC(COC(=O)C(=C)C)C(=O)CC(=O)C(C)CC. The molecule has 0 aromatic rings. The van der Waals surface area contributed by atoms with Crippen molar-refractivity contribution in [1.82, 2.24) is 0 Å². The Morgan fingerprint density at radius 2 is 1.29 bits per heavy atom. The van der Waals surface area contributed by atoms with Gasteiger partial charge in [-0.25, -0.2) is 9.59 Å². The highest BCUT2D eigenvalue weighted by atomic mass is 16.5. The zero-order valence-electron chi connectivity index (χ0n) is 14.8. The van der Waals surface area contributed by atoms with E-state index in [9.17, 15) is 19.2 Å². The van der Waals surface area contributed by atoms with Gasteiger partial charge in [-0.3, -0.25) is 9.59 Å². The topological polar surface area (TPSA) is 86.7 Å². The predicted molar refractivity (Wildman–Crippen MR) is 89.1 cm³/mol. The van der Waals surface area contributed by atoms with Gasteiger partial charge in [0.25, 0.3) is 0 Å². The number of ketones is 2. The molecule has 0 N–H and O–H groups in total.